The van der Waals surface area contributed by atoms with Gasteiger partial charge >= 0.3 is 0 Å². The number of hydrogen-bond donors (Lipinski definition) is 1. The maximum absolute atomic E-state index is 5.42. The molecular formula is C18H19N3O. The summed E-state index contributed by atoms with van der Waals surface area (Å²) >= 11 is 0. The van der Waals surface area contributed by atoms with Gasteiger partial charge in [0.2, 0.25) is 0 Å². The smallest absolute Gasteiger partial charge is 0.124 e. The molecule has 3 aromatic rings. The van der Waals surface area contributed by atoms with Crippen molar-refractivity contribution in [2.45, 2.75) is 19.9 Å². The summed E-state index contributed by atoms with van der Waals surface area (Å²) in [6, 6.07) is 14.2. The van der Waals surface area contributed by atoms with Gasteiger partial charge in [0.15, 0.2) is 0 Å². The molecule has 4 heteroatoms. The van der Waals surface area contributed by atoms with Crippen LogP contribution >= 0.6 is 0 Å². The highest BCUT2D eigenvalue weighted by Crippen LogP contribution is 2.27. The minimum absolute atomic E-state index is 0.0358. The Hall–Kier alpha value is -2.62. The number of nitrogens with zero attached hydrogens (tertiary/aromatic N) is 2. The van der Waals surface area contributed by atoms with Crippen molar-refractivity contribution in [1.29, 1.82) is 0 Å². The van der Waals surface area contributed by atoms with E-state index in [1.165, 1.54) is 0 Å². The van der Waals surface area contributed by atoms with Gasteiger partial charge in [0.1, 0.15) is 5.75 Å². The molecule has 112 valence electrons. The number of aromatic nitrogens is 2. The molecule has 0 bridgehead atoms. The van der Waals surface area contributed by atoms with E-state index in [1.807, 2.05) is 31.2 Å². The van der Waals surface area contributed by atoms with Crippen LogP contribution in [-0.2, 0) is 0 Å². The van der Waals surface area contributed by atoms with Crippen LogP contribution in [0.25, 0.3) is 11.0 Å². The predicted molar refractivity (Wildman–Crippen MR) is 89.7 cm³/mol. The number of ether oxygens (including phenoxy) is 1. The van der Waals surface area contributed by atoms with Crippen LogP contribution in [0.5, 0.6) is 5.75 Å². The topological polar surface area (TPSA) is 50.3 Å². The number of imidazole rings is 1. The Bertz CT molecular complexity index is 820. The van der Waals surface area contributed by atoms with Crippen LogP contribution in [0, 0.1) is 0 Å². The second kappa shape index (κ2) is 6.02. The molecule has 22 heavy (non-hydrogen) atoms. The summed E-state index contributed by atoms with van der Waals surface area (Å²) in [4.78, 5) is 12.2. The number of aliphatic imine (C=N–C) groups is 1. The largest absolute Gasteiger partial charge is 0.496 e. The Morgan fingerprint density at radius 3 is 2.86 bits per heavy atom. The van der Waals surface area contributed by atoms with E-state index in [-0.39, 0.29) is 6.04 Å². The van der Waals surface area contributed by atoms with Crippen LogP contribution in [0.4, 0.5) is 0 Å². The van der Waals surface area contributed by atoms with Crippen molar-refractivity contribution in [2.24, 2.45) is 4.99 Å². The summed E-state index contributed by atoms with van der Waals surface area (Å²) in [5.74, 6) is 0.871. The number of benzene rings is 2. The van der Waals surface area contributed by atoms with Crippen LogP contribution in [0.3, 0.4) is 0 Å². The van der Waals surface area contributed by atoms with Gasteiger partial charge < -0.3 is 9.72 Å². The van der Waals surface area contributed by atoms with Crippen LogP contribution in [0.1, 0.15) is 31.0 Å². The minimum Gasteiger partial charge on any atom is -0.496 e. The minimum atomic E-state index is 0.0358. The van der Waals surface area contributed by atoms with E-state index in [2.05, 4.69) is 35.1 Å². The highest BCUT2D eigenvalue weighted by atomic mass is 16.5. The first-order valence-corrected chi connectivity index (χ1v) is 7.30. The van der Waals surface area contributed by atoms with Gasteiger partial charge in [-0.05, 0) is 37.6 Å². The van der Waals surface area contributed by atoms with Gasteiger partial charge in [0.25, 0.3) is 0 Å². The fourth-order valence-electron chi connectivity index (χ4n) is 2.61. The van der Waals surface area contributed by atoms with E-state index < -0.39 is 0 Å². The molecule has 0 aliphatic carbocycles. The van der Waals surface area contributed by atoms with Gasteiger partial charge in [-0.15, -0.1) is 0 Å². The van der Waals surface area contributed by atoms with Crippen molar-refractivity contribution in [3.05, 3.63) is 59.9 Å². The molecule has 0 saturated carbocycles. The Balaban J connectivity index is 1.92. The molecule has 0 fully saturated rings. The van der Waals surface area contributed by atoms with Gasteiger partial charge in [-0.1, -0.05) is 24.3 Å². The lowest BCUT2D eigenvalue weighted by atomic mass is 10.1. The standard InChI is InChI=1S/C18H19N3O/c1-12(14-8-9-16-17(10-14)20-11-19-16)21-13(2)15-6-4-5-7-18(15)22-3/h4-11,13H,1-3H3,(H,19,20). The van der Waals surface area contributed by atoms with E-state index in [9.17, 15) is 0 Å². The molecule has 1 unspecified atom stereocenters. The lowest BCUT2D eigenvalue weighted by Crippen LogP contribution is -2.01. The van der Waals surface area contributed by atoms with E-state index in [4.69, 9.17) is 9.73 Å². The van der Waals surface area contributed by atoms with Crippen molar-refractivity contribution in [1.82, 2.24) is 9.97 Å². The van der Waals surface area contributed by atoms with Gasteiger partial charge in [-0.2, -0.15) is 0 Å². The maximum Gasteiger partial charge on any atom is 0.124 e. The number of methoxy groups -OCH3 is 1. The van der Waals surface area contributed by atoms with E-state index >= 15 is 0 Å². The van der Waals surface area contributed by atoms with Gasteiger partial charge in [-0.25, -0.2) is 4.98 Å². The zero-order chi connectivity index (χ0) is 15.5. The highest BCUT2D eigenvalue weighted by molar-refractivity contribution is 6.01. The zero-order valence-electron chi connectivity index (χ0n) is 13.0. The lowest BCUT2D eigenvalue weighted by molar-refractivity contribution is 0.407. The first kappa shape index (κ1) is 14.3. The quantitative estimate of drug-likeness (QED) is 0.735. The fourth-order valence-corrected chi connectivity index (χ4v) is 2.61. The number of para-hydroxylation sites is 1. The Morgan fingerprint density at radius 1 is 1.23 bits per heavy atom. The predicted octanol–water partition coefficient (Wildman–Crippen LogP) is 4.14. The van der Waals surface area contributed by atoms with Gasteiger partial charge in [-0.3, -0.25) is 4.99 Å². The lowest BCUT2D eigenvalue weighted by Gasteiger charge is -2.13. The SMILES string of the molecule is COc1ccccc1C(C)N=C(C)c1ccc2nc[nH]c2c1. The molecule has 0 saturated heterocycles. The highest BCUT2D eigenvalue weighted by Gasteiger charge is 2.10. The molecule has 1 aromatic heterocycles. The molecule has 0 amide bonds. The van der Waals surface area contributed by atoms with Gasteiger partial charge in [0.05, 0.1) is 30.5 Å². The first-order valence-electron chi connectivity index (χ1n) is 7.30. The van der Waals surface area contributed by atoms with Crippen molar-refractivity contribution in [3.8, 4) is 5.75 Å². The van der Waals surface area contributed by atoms with E-state index in [0.717, 1.165) is 33.6 Å². The summed E-state index contributed by atoms with van der Waals surface area (Å²) in [6.07, 6.45) is 1.71. The molecule has 1 atom stereocenters. The number of nitrogens with one attached hydrogen (secondary N) is 1. The summed E-state index contributed by atoms with van der Waals surface area (Å²) in [5, 5.41) is 0. The molecule has 1 N–H and O–H groups in total. The molecule has 0 spiro atoms. The Kier molecular flexibility index (Phi) is 3.92. The summed E-state index contributed by atoms with van der Waals surface area (Å²) in [6.45, 7) is 4.11. The normalized spacial score (nSPS) is 13.3. The fraction of sp³-hybridized carbons (Fsp3) is 0.222. The monoisotopic (exact) mass is 293 g/mol. The Labute approximate surface area is 129 Å². The van der Waals surface area contributed by atoms with Crippen LogP contribution in [0.2, 0.25) is 0 Å². The molecule has 3 rings (SSSR count). The average Bonchev–Trinajstić information content (AvgIpc) is 3.02. The third-order valence-corrected chi connectivity index (χ3v) is 3.81. The van der Waals surface area contributed by atoms with Crippen LogP contribution < -0.4 is 4.74 Å². The summed E-state index contributed by atoms with van der Waals surface area (Å²) in [5.41, 5.74) is 5.17. The van der Waals surface area contributed by atoms with E-state index in [0.29, 0.717) is 0 Å². The first-order chi connectivity index (χ1) is 10.7. The zero-order valence-corrected chi connectivity index (χ0v) is 13.0. The third kappa shape index (κ3) is 2.72. The van der Waals surface area contributed by atoms with Crippen LogP contribution in [0.15, 0.2) is 53.8 Å². The Morgan fingerprint density at radius 2 is 2.05 bits per heavy atom. The molecule has 0 aliphatic heterocycles. The van der Waals surface area contributed by atoms with Crippen molar-refractivity contribution >= 4 is 16.7 Å². The second-order valence-corrected chi connectivity index (χ2v) is 5.27. The number of aromatic amines is 1. The summed E-state index contributed by atoms with van der Waals surface area (Å²) in [7, 11) is 1.69. The average molecular weight is 293 g/mol. The number of H-pyrrole nitrogens is 1. The van der Waals surface area contributed by atoms with Crippen molar-refractivity contribution in [2.75, 3.05) is 7.11 Å². The number of fused-ring (bicyclic) bond motifs is 1. The third-order valence-electron chi connectivity index (χ3n) is 3.81. The molecule has 4 nitrogen and oxygen atoms in total. The molecule has 0 aliphatic rings. The maximum atomic E-state index is 5.42. The molecule has 1 heterocycles. The molecular weight excluding hydrogens is 274 g/mol. The number of rotatable bonds is 4. The number of hydrogen-bond acceptors (Lipinski definition) is 3. The molecule has 0 radical (unpaired) electrons. The van der Waals surface area contributed by atoms with Crippen molar-refractivity contribution < 1.29 is 4.74 Å². The molecule has 2 aromatic carbocycles. The van der Waals surface area contributed by atoms with E-state index in [1.54, 1.807) is 13.4 Å². The van der Waals surface area contributed by atoms with Gasteiger partial charge in [0, 0.05) is 11.3 Å². The van der Waals surface area contributed by atoms with Crippen molar-refractivity contribution in [3.63, 3.8) is 0 Å². The van der Waals surface area contributed by atoms with Crippen LogP contribution in [-0.4, -0.2) is 22.8 Å². The summed E-state index contributed by atoms with van der Waals surface area (Å²) < 4.78 is 5.42. The second-order valence-electron chi connectivity index (χ2n) is 5.27.